The summed E-state index contributed by atoms with van der Waals surface area (Å²) in [6.07, 6.45) is 4.89. The molecule has 0 atom stereocenters. The Morgan fingerprint density at radius 3 is 2.44 bits per heavy atom. The summed E-state index contributed by atoms with van der Waals surface area (Å²) >= 11 is 0. The third-order valence-electron chi connectivity index (χ3n) is 4.71. The van der Waals surface area contributed by atoms with Crippen LogP contribution in [-0.2, 0) is 14.4 Å². The fraction of sp³-hybridized carbons (Fsp3) is 0.529. The number of hydrogen-bond donors (Lipinski definition) is 1. The van der Waals surface area contributed by atoms with E-state index in [0.717, 1.165) is 17.7 Å². The van der Waals surface area contributed by atoms with E-state index in [0.29, 0.717) is 25.2 Å². The number of imide groups is 1. The second kappa shape index (κ2) is 7.50. The number of carbonyl (C=O) groups is 4. The smallest absolute Gasteiger partial charge is 0.257 e. The van der Waals surface area contributed by atoms with Gasteiger partial charge >= 0.3 is 0 Å². The SMILES string of the molecule is O=C(CN1C(=O)CCC1=O)NCC1CCN(C(=O)c2ccoc2)CC1. The Balaban J connectivity index is 1.39. The number of rotatable bonds is 5. The van der Waals surface area contributed by atoms with E-state index in [1.807, 2.05) is 0 Å². The van der Waals surface area contributed by atoms with E-state index in [4.69, 9.17) is 4.42 Å². The van der Waals surface area contributed by atoms with Crippen molar-refractivity contribution in [3.63, 3.8) is 0 Å². The van der Waals surface area contributed by atoms with E-state index >= 15 is 0 Å². The zero-order valence-corrected chi connectivity index (χ0v) is 13.9. The highest BCUT2D eigenvalue weighted by atomic mass is 16.3. The second-order valence-electron chi connectivity index (χ2n) is 6.43. The lowest BCUT2D eigenvalue weighted by Gasteiger charge is -2.32. The van der Waals surface area contributed by atoms with Crippen molar-refractivity contribution in [1.82, 2.24) is 15.1 Å². The molecule has 2 aliphatic rings. The minimum Gasteiger partial charge on any atom is -0.472 e. The molecule has 25 heavy (non-hydrogen) atoms. The molecule has 8 heteroatoms. The van der Waals surface area contributed by atoms with Gasteiger partial charge in [0.05, 0.1) is 11.8 Å². The van der Waals surface area contributed by atoms with Crippen LogP contribution in [0.25, 0.3) is 0 Å². The third kappa shape index (κ3) is 4.07. The molecule has 0 unspecified atom stereocenters. The number of carbonyl (C=O) groups excluding carboxylic acids is 4. The van der Waals surface area contributed by atoms with Gasteiger partial charge in [-0.25, -0.2) is 0 Å². The second-order valence-corrected chi connectivity index (χ2v) is 6.43. The van der Waals surface area contributed by atoms with Gasteiger partial charge in [0, 0.05) is 32.5 Å². The van der Waals surface area contributed by atoms with Crippen LogP contribution in [0.5, 0.6) is 0 Å². The van der Waals surface area contributed by atoms with E-state index in [2.05, 4.69) is 5.32 Å². The van der Waals surface area contributed by atoms with Crippen molar-refractivity contribution in [2.24, 2.45) is 5.92 Å². The number of furan rings is 1. The van der Waals surface area contributed by atoms with Crippen molar-refractivity contribution < 1.29 is 23.6 Å². The molecule has 0 spiro atoms. The molecule has 0 bridgehead atoms. The first kappa shape index (κ1) is 17.2. The normalized spacial score (nSPS) is 18.7. The van der Waals surface area contributed by atoms with Gasteiger partial charge in [0.15, 0.2) is 0 Å². The van der Waals surface area contributed by atoms with Crippen LogP contribution in [0.2, 0.25) is 0 Å². The zero-order chi connectivity index (χ0) is 17.8. The lowest BCUT2D eigenvalue weighted by Crippen LogP contribution is -2.44. The Bertz CT molecular complexity index is 646. The van der Waals surface area contributed by atoms with Gasteiger partial charge in [-0.3, -0.25) is 24.1 Å². The highest BCUT2D eigenvalue weighted by molar-refractivity contribution is 6.04. The first-order chi connectivity index (χ1) is 12.0. The van der Waals surface area contributed by atoms with Gasteiger partial charge in [0.2, 0.25) is 17.7 Å². The summed E-state index contributed by atoms with van der Waals surface area (Å²) in [5.41, 5.74) is 0.548. The van der Waals surface area contributed by atoms with Gasteiger partial charge in [-0.2, -0.15) is 0 Å². The molecule has 1 aromatic rings. The van der Waals surface area contributed by atoms with Crippen molar-refractivity contribution in [3.05, 3.63) is 24.2 Å². The topological polar surface area (TPSA) is 99.9 Å². The summed E-state index contributed by atoms with van der Waals surface area (Å²) < 4.78 is 4.94. The molecular formula is C17H21N3O5. The highest BCUT2D eigenvalue weighted by Gasteiger charge is 2.30. The Hall–Kier alpha value is -2.64. The quantitative estimate of drug-likeness (QED) is 0.777. The number of likely N-dealkylation sites (tertiary alicyclic amines) is 2. The summed E-state index contributed by atoms with van der Waals surface area (Å²) in [6.45, 7) is 1.56. The van der Waals surface area contributed by atoms with E-state index < -0.39 is 0 Å². The van der Waals surface area contributed by atoms with Gasteiger partial charge < -0.3 is 14.6 Å². The maximum absolute atomic E-state index is 12.2. The zero-order valence-electron chi connectivity index (χ0n) is 13.9. The number of hydrogen-bond acceptors (Lipinski definition) is 5. The molecule has 1 aromatic heterocycles. The van der Waals surface area contributed by atoms with E-state index in [-0.39, 0.29) is 48.9 Å². The Labute approximate surface area is 145 Å². The summed E-state index contributed by atoms with van der Waals surface area (Å²) in [5.74, 6) is -0.650. The van der Waals surface area contributed by atoms with Crippen molar-refractivity contribution in [2.45, 2.75) is 25.7 Å². The van der Waals surface area contributed by atoms with Gasteiger partial charge in [-0.1, -0.05) is 0 Å². The molecule has 3 heterocycles. The van der Waals surface area contributed by atoms with Crippen molar-refractivity contribution in [1.29, 1.82) is 0 Å². The molecule has 0 saturated carbocycles. The van der Waals surface area contributed by atoms with Crippen molar-refractivity contribution in [3.8, 4) is 0 Å². The largest absolute Gasteiger partial charge is 0.472 e. The summed E-state index contributed by atoms with van der Waals surface area (Å²) in [6, 6.07) is 1.65. The lowest BCUT2D eigenvalue weighted by atomic mass is 9.96. The molecule has 0 radical (unpaired) electrons. The fourth-order valence-electron chi connectivity index (χ4n) is 3.17. The van der Waals surface area contributed by atoms with Crippen molar-refractivity contribution >= 4 is 23.6 Å². The first-order valence-corrected chi connectivity index (χ1v) is 8.46. The van der Waals surface area contributed by atoms with Crippen LogP contribution in [0.4, 0.5) is 0 Å². The summed E-state index contributed by atoms with van der Waals surface area (Å²) in [5, 5.41) is 2.79. The standard InChI is InChI=1S/C17H21N3O5/c21-14(10-20-15(22)1-2-16(20)23)18-9-12-3-6-19(7-4-12)17(24)13-5-8-25-11-13/h5,8,11-12H,1-4,6-7,9-10H2,(H,18,21). The molecule has 0 aliphatic carbocycles. The molecular weight excluding hydrogens is 326 g/mol. The molecule has 2 saturated heterocycles. The highest BCUT2D eigenvalue weighted by Crippen LogP contribution is 2.19. The maximum atomic E-state index is 12.2. The predicted octanol–water partition coefficient (Wildman–Crippen LogP) is 0.397. The van der Waals surface area contributed by atoms with Gasteiger partial charge in [-0.05, 0) is 24.8 Å². The molecule has 1 N–H and O–H groups in total. The molecule has 0 aromatic carbocycles. The lowest BCUT2D eigenvalue weighted by molar-refractivity contribution is -0.142. The van der Waals surface area contributed by atoms with E-state index in [1.54, 1.807) is 11.0 Å². The summed E-state index contributed by atoms with van der Waals surface area (Å²) in [7, 11) is 0. The molecule has 2 aliphatic heterocycles. The van der Waals surface area contributed by atoms with Crippen molar-refractivity contribution in [2.75, 3.05) is 26.2 Å². The van der Waals surface area contributed by atoms with Crippen LogP contribution < -0.4 is 5.32 Å². The average Bonchev–Trinajstić information content (AvgIpc) is 3.26. The Kier molecular flexibility index (Phi) is 5.16. The van der Waals surface area contributed by atoms with Gasteiger partial charge in [0.1, 0.15) is 12.8 Å². The Morgan fingerprint density at radius 1 is 1.16 bits per heavy atom. The van der Waals surface area contributed by atoms with Crippen LogP contribution >= 0.6 is 0 Å². The number of nitrogens with zero attached hydrogens (tertiary/aromatic N) is 2. The van der Waals surface area contributed by atoms with Crippen LogP contribution in [0, 0.1) is 5.92 Å². The monoisotopic (exact) mass is 347 g/mol. The van der Waals surface area contributed by atoms with Crippen LogP contribution in [-0.4, -0.2) is 59.6 Å². The third-order valence-corrected chi connectivity index (χ3v) is 4.71. The van der Waals surface area contributed by atoms with E-state index in [1.165, 1.54) is 12.5 Å². The Morgan fingerprint density at radius 2 is 1.84 bits per heavy atom. The maximum Gasteiger partial charge on any atom is 0.257 e. The van der Waals surface area contributed by atoms with Gasteiger partial charge in [0.25, 0.3) is 5.91 Å². The molecule has 134 valence electrons. The molecule has 8 nitrogen and oxygen atoms in total. The minimum atomic E-state index is -0.319. The first-order valence-electron chi connectivity index (χ1n) is 8.46. The number of piperidine rings is 1. The number of amides is 4. The molecule has 3 rings (SSSR count). The fourth-order valence-corrected chi connectivity index (χ4v) is 3.17. The number of nitrogens with one attached hydrogen (secondary N) is 1. The van der Waals surface area contributed by atoms with E-state index in [9.17, 15) is 19.2 Å². The predicted molar refractivity (Wildman–Crippen MR) is 86.3 cm³/mol. The van der Waals surface area contributed by atoms with Crippen LogP contribution in [0.15, 0.2) is 23.0 Å². The summed E-state index contributed by atoms with van der Waals surface area (Å²) in [4.78, 5) is 50.0. The van der Waals surface area contributed by atoms with Crippen LogP contribution in [0.1, 0.15) is 36.0 Å². The molecule has 4 amide bonds. The van der Waals surface area contributed by atoms with Gasteiger partial charge in [-0.15, -0.1) is 0 Å². The average molecular weight is 347 g/mol. The minimum absolute atomic E-state index is 0.0395. The molecule has 2 fully saturated rings. The van der Waals surface area contributed by atoms with Crippen LogP contribution in [0.3, 0.4) is 0 Å².